The highest BCUT2D eigenvalue weighted by molar-refractivity contribution is 5.81. The standard InChI is InChI=1S/C15H19FN2O/c1-2-3-8-14(19)17-10-9-13-15(16)11-6-4-5-7-12(11)18-13/h4-7,18H,2-3,8-10H2,1H3,(H,17,19). The van der Waals surface area contributed by atoms with Gasteiger partial charge in [-0.25, -0.2) is 4.39 Å². The van der Waals surface area contributed by atoms with Gasteiger partial charge in [0.2, 0.25) is 5.91 Å². The van der Waals surface area contributed by atoms with Gasteiger partial charge in [-0.2, -0.15) is 0 Å². The first kappa shape index (κ1) is 13.6. The Morgan fingerprint density at radius 3 is 2.89 bits per heavy atom. The number of rotatable bonds is 6. The third-order valence-electron chi connectivity index (χ3n) is 3.17. The van der Waals surface area contributed by atoms with Crippen LogP contribution < -0.4 is 5.32 Å². The van der Waals surface area contributed by atoms with Crippen LogP contribution in [0.1, 0.15) is 31.9 Å². The monoisotopic (exact) mass is 262 g/mol. The van der Waals surface area contributed by atoms with Crippen LogP contribution in [0, 0.1) is 5.82 Å². The first-order valence-corrected chi connectivity index (χ1v) is 6.74. The van der Waals surface area contributed by atoms with Gasteiger partial charge in [-0.15, -0.1) is 0 Å². The Morgan fingerprint density at radius 2 is 2.16 bits per heavy atom. The summed E-state index contributed by atoms with van der Waals surface area (Å²) in [6.07, 6.45) is 2.93. The minimum atomic E-state index is -0.210. The van der Waals surface area contributed by atoms with Gasteiger partial charge in [-0.05, 0) is 18.6 Å². The van der Waals surface area contributed by atoms with E-state index in [0.29, 0.717) is 30.5 Å². The molecule has 0 spiro atoms. The fourth-order valence-corrected chi connectivity index (χ4v) is 2.09. The lowest BCUT2D eigenvalue weighted by Gasteiger charge is -2.03. The number of benzene rings is 1. The van der Waals surface area contributed by atoms with Gasteiger partial charge in [0.25, 0.3) is 0 Å². The predicted octanol–water partition coefficient (Wildman–Crippen LogP) is 3.16. The molecule has 0 radical (unpaired) electrons. The second-order valence-corrected chi connectivity index (χ2v) is 4.67. The minimum absolute atomic E-state index is 0.0402. The molecule has 0 bridgehead atoms. The smallest absolute Gasteiger partial charge is 0.220 e. The number of para-hydroxylation sites is 1. The van der Waals surface area contributed by atoms with Crippen molar-refractivity contribution in [1.29, 1.82) is 0 Å². The van der Waals surface area contributed by atoms with E-state index in [1.54, 1.807) is 6.07 Å². The summed E-state index contributed by atoms with van der Waals surface area (Å²) in [5, 5.41) is 3.42. The molecule has 3 nitrogen and oxygen atoms in total. The van der Waals surface area contributed by atoms with Crippen LogP contribution in [0.2, 0.25) is 0 Å². The van der Waals surface area contributed by atoms with Gasteiger partial charge in [0, 0.05) is 30.3 Å². The zero-order valence-electron chi connectivity index (χ0n) is 11.1. The molecular weight excluding hydrogens is 243 g/mol. The highest BCUT2D eigenvalue weighted by Crippen LogP contribution is 2.20. The van der Waals surface area contributed by atoms with Gasteiger partial charge >= 0.3 is 0 Å². The van der Waals surface area contributed by atoms with Crippen molar-refractivity contribution in [3.63, 3.8) is 0 Å². The highest BCUT2D eigenvalue weighted by atomic mass is 19.1. The number of carbonyl (C=O) groups excluding carboxylic acids is 1. The van der Waals surface area contributed by atoms with Crippen molar-refractivity contribution in [2.75, 3.05) is 6.54 Å². The maximum atomic E-state index is 14.0. The molecule has 19 heavy (non-hydrogen) atoms. The molecule has 0 unspecified atom stereocenters. The first-order valence-electron chi connectivity index (χ1n) is 6.74. The fourth-order valence-electron chi connectivity index (χ4n) is 2.09. The number of aromatic amines is 1. The van der Waals surface area contributed by atoms with Crippen LogP contribution in [0.25, 0.3) is 10.9 Å². The second-order valence-electron chi connectivity index (χ2n) is 4.67. The van der Waals surface area contributed by atoms with Gasteiger partial charge in [-0.3, -0.25) is 4.79 Å². The zero-order valence-corrected chi connectivity index (χ0v) is 11.1. The van der Waals surface area contributed by atoms with Crippen molar-refractivity contribution < 1.29 is 9.18 Å². The summed E-state index contributed by atoms with van der Waals surface area (Å²) in [6, 6.07) is 7.29. The molecular formula is C15H19FN2O. The largest absolute Gasteiger partial charge is 0.356 e. The predicted molar refractivity (Wildman–Crippen MR) is 74.5 cm³/mol. The van der Waals surface area contributed by atoms with Crippen molar-refractivity contribution in [3.05, 3.63) is 35.8 Å². The summed E-state index contributed by atoms with van der Waals surface area (Å²) in [4.78, 5) is 14.5. The molecule has 1 aromatic carbocycles. The number of H-pyrrole nitrogens is 1. The van der Waals surface area contributed by atoms with E-state index in [1.807, 2.05) is 25.1 Å². The maximum Gasteiger partial charge on any atom is 0.220 e. The summed E-state index contributed by atoms with van der Waals surface area (Å²) in [7, 11) is 0. The highest BCUT2D eigenvalue weighted by Gasteiger charge is 2.10. The average molecular weight is 262 g/mol. The van der Waals surface area contributed by atoms with Crippen LogP contribution in [0.4, 0.5) is 4.39 Å². The van der Waals surface area contributed by atoms with Crippen LogP contribution in [0.3, 0.4) is 0 Å². The van der Waals surface area contributed by atoms with Gasteiger partial charge < -0.3 is 10.3 Å². The number of unbranched alkanes of at least 4 members (excludes halogenated alkanes) is 1. The number of halogens is 1. The molecule has 2 N–H and O–H groups in total. The Balaban J connectivity index is 1.91. The fraction of sp³-hybridized carbons (Fsp3) is 0.400. The van der Waals surface area contributed by atoms with Crippen molar-refractivity contribution >= 4 is 16.8 Å². The van der Waals surface area contributed by atoms with Gasteiger partial charge in [-0.1, -0.05) is 25.5 Å². The van der Waals surface area contributed by atoms with Crippen LogP contribution in [-0.4, -0.2) is 17.4 Å². The summed E-state index contributed by atoms with van der Waals surface area (Å²) in [6.45, 7) is 2.51. The Hall–Kier alpha value is -1.84. The van der Waals surface area contributed by atoms with E-state index in [1.165, 1.54) is 0 Å². The van der Waals surface area contributed by atoms with Crippen LogP contribution >= 0.6 is 0 Å². The average Bonchev–Trinajstić information content (AvgIpc) is 2.74. The summed E-state index contributed by atoms with van der Waals surface area (Å²) >= 11 is 0. The lowest BCUT2D eigenvalue weighted by Crippen LogP contribution is -2.25. The molecule has 1 amide bonds. The molecule has 0 saturated carbocycles. The SMILES string of the molecule is CCCCC(=O)NCCc1[nH]c2ccccc2c1F. The zero-order chi connectivity index (χ0) is 13.7. The normalized spacial score (nSPS) is 10.8. The molecule has 4 heteroatoms. The Bertz CT molecular complexity index is 562. The van der Waals surface area contributed by atoms with Crippen molar-refractivity contribution in [1.82, 2.24) is 10.3 Å². The van der Waals surface area contributed by atoms with Crippen molar-refractivity contribution in [3.8, 4) is 0 Å². The van der Waals surface area contributed by atoms with E-state index in [9.17, 15) is 9.18 Å². The van der Waals surface area contributed by atoms with E-state index >= 15 is 0 Å². The van der Waals surface area contributed by atoms with Crippen LogP contribution in [-0.2, 0) is 11.2 Å². The van der Waals surface area contributed by atoms with E-state index in [4.69, 9.17) is 0 Å². The van der Waals surface area contributed by atoms with E-state index < -0.39 is 0 Å². The third kappa shape index (κ3) is 3.34. The van der Waals surface area contributed by atoms with Crippen molar-refractivity contribution in [2.24, 2.45) is 0 Å². The number of aromatic nitrogens is 1. The molecule has 0 aliphatic carbocycles. The molecule has 0 fully saturated rings. The number of hydrogen-bond acceptors (Lipinski definition) is 1. The summed E-state index contributed by atoms with van der Waals surface area (Å²) < 4.78 is 14.0. The van der Waals surface area contributed by atoms with Gasteiger partial charge in [0.1, 0.15) is 0 Å². The van der Waals surface area contributed by atoms with E-state index in [-0.39, 0.29) is 11.7 Å². The molecule has 2 aromatic rings. The Kier molecular flexibility index (Phi) is 4.55. The quantitative estimate of drug-likeness (QED) is 0.825. The second kappa shape index (κ2) is 6.36. The number of carbonyl (C=O) groups is 1. The lowest BCUT2D eigenvalue weighted by atomic mass is 10.2. The summed E-state index contributed by atoms with van der Waals surface area (Å²) in [5.41, 5.74) is 1.35. The molecule has 2 rings (SSSR count). The van der Waals surface area contributed by atoms with E-state index in [2.05, 4.69) is 10.3 Å². The minimum Gasteiger partial charge on any atom is -0.356 e. The molecule has 0 aliphatic rings. The Morgan fingerprint density at radius 1 is 1.37 bits per heavy atom. The van der Waals surface area contributed by atoms with Crippen LogP contribution in [0.5, 0.6) is 0 Å². The van der Waals surface area contributed by atoms with E-state index in [0.717, 1.165) is 18.4 Å². The van der Waals surface area contributed by atoms with Gasteiger partial charge in [0.15, 0.2) is 5.82 Å². The Labute approximate surface area is 112 Å². The van der Waals surface area contributed by atoms with Crippen LogP contribution in [0.15, 0.2) is 24.3 Å². The molecule has 102 valence electrons. The molecule has 1 aromatic heterocycles. The molecule has 0 atom stereocenters. The summed E-state index contributed by atoms with van der Waals surface area (Å²) in [5.74, 6) is -0.170. The number of hydrogen-bond donors (Lipinski definition) is 2. The molecule has 0 aliphatic heterocycles. The van der Waals surface area contributed by atoms with Gasteiger partial charge in [0.05, 0.1) is 5.69 Å². The van der Waals surface area contributed by atoms with Crippen molar-refractivity contribution in [2.45, 2.75) is 32.6 Å². The number of amides is 1. The third-order valence-corrected chi connectivity index (χ3v) is 3.17. The molecule has 0 saturated heterocycles. The maximum absolute atomic E-state index is 14.0. The lowest BCUT2D eigenvalue weighted by molar-refractivity contribution is -0.121. The topological polar surface area (TPSA) is 44.9 Å². The molecule has 1 heterocycles. The number of fused-ring (bicyclic) bond motifs is 1. The first-order chi connectivity index (χ1) is 9.22. The number of nitrogens with one attached hydrogen (secondary N) is 2.